The Kier molecular flexibility index (Phi) is 4.37. The van der Waals surface area contributed by atoms with E-state index in [0.717, 1.165) is 49.0 Å². The maximum Gasteiger partial charge on any atom is 0.142 e. The Bertz CT molecular complexity index is 625. The van der Waals surface area contributed by atoms with Crippen LogP contribution in [0, 0.1) is 6.92 Å². The van der Waals surface area contributed by atoms with Gasteiger partial charge in [0.05, 0.1) is 18.8 Å². The molecule has 0 unspecified atom stereocenters. The number of benzene rings is 2. The Morgan fingerprint density at radius 1 is 1.18 bits per heavy atom. The fourth-order valence-corrected chi connectivity index (χ4v) is 2.60. The van der Waals surface area contributed by atoms with E-state index < -0.39 is 0 Å². The van der Waals surface area contributed by atoms with Crippen molar-refractivity contribution in [1.82, 2.24) is 0 Å². The van der Waals surface area contributed by atoms with Crippen LogP contribution < -0.4 is 20.1 Å². The molecular weight excluding hydrogens is 276 g/mol. The number of anilines is 2. The van der Waals surface area contributed by atoms with Crippen LogP contribution in [0.15, 0.2) is 42.5 Å². The van der Waals surface area contributed by atoms with Crippen LogP contribution >= 0.6 is 0 Å². The first-order chi connectivity index (χ1) is 10.7. The highest BCUT2D eigenvalue weighted by molar-refractivity contribution is 5.65. The second-order valence-corrected chi connectivity index (χ2v) is 5.58. The van der Waals surface area contributed by atoms with E-state index in [9.17, 15) is 0 Å². The summed E-state index contributed by atoms with van der Waals surface area (Å²) in [5.74, 6) is 1.84. The summed E-state index contributed by atoms with van der Waals surface area (Å²) in [5, 5.41) is 0. The molecule has 1 heterocycles. The molecule has 0 saturated carbocycles. The standard InChI is InChI=1S/C18H22N2O2/c1-14-3-6-16(7-4-14)21-11-2-9-20-10-12-22-18-8-5-15(19)13-17(18)20/h3-8,13H,2,9-12,19H2,1H3. The van der Waals surface area contributed by atoms with Gasteiger partial charge in [0.15, 0.2) is 0 Å². The van der Waals surface area contributed by atoms with Crippen molar-refractivity contribution in [3.05, 3.63) is 48.0 Å². The Labute approximate surface area is 131 Å². The molecule has 0 spiro atoms. The van der Waals surface area contributed by atoms with Crippen molar-refractivity contribution in [3.8, 4) is 11.5 Å². The first-order valence-corrected chi connectivity index (χ1v) is 7.69. The monoisotopic (exact) mass is 298 g/mol. The molecule has 0 bridgehead atoms. The van der Waals surface area contributed by atoms with Gasteiger partial charge < -0.3 is 20.1 Å². The van der Waals surface area contributed by atoms with Crippen molar-refractivity contribution < 1.29 is 9.47 Å². The van der Waals surface area contributed by atoms with Gasteiger partial charge in [-0.15, -0.1) is 0 Å². The van der Waals surface area contributed by atoms with Crippen LogP contribution in [0.4, 0.5) is 11.4 Å². The van der Waals surface area contributed by atoms with E-state index >= 15 is 0 Å². The normalized spacial score (nSPS) is 13.4. The lowest BCUT2D eigenvalue weighted by Crippen LogP contribution is -2.34. The second-order valence-electron chi connectivity index (χ2n) is 5.58. The molecule has 2 N–H and O–H groups in total. The minimum atomic E-state index is 0.706. The zero-order valence-electron chi connectivity index (χ0n) is 12.9. The van der Waals surface area contributed by atoms with E-state index in [0.29, 0.717) is 6.61 Å². The minimum Gasteiger partial charge on any atom is -0.494 e. The van der Waals surface area contributed by atoms with Gasteiger partial charge in [0.2, 0.25) is 0 Å². The number of nitrogens with zero attached hydrogens (tertiary/aromatic N) is 1. The third kappa shape index (κ3) is 3.45. The van der Waals surface area contributed by atoms with Crippen LogP contribution in [-0.4, -0.2) is 26.3 Å². The van der Waals surface area contributed by atoms with Gasteiger partial charge in [-0.25, -0.2) is 0 Å². The number of nitrogens with two attached hydrogens (primary N) is 1. The third-order valence-electron chi connectivity index (χ3n) is 3.80. The van der Waals surface area contributed by atoms with Crippen molar-refractivity contribution in [2.24, 2.45) is 0 Å². The smallest absolute Gasteiger partial charge is 0.142 e. The minimum absolute atomic E-state index is 0.706. The second kappa shape index (κ2) is 6.60. The predicted octanol–water partition coefficient (Wildman–Crippen LogP) is 3.25. The predicted molar refractivity (Wildman–Crippen MR) is 89.9 cm³/mol. The first kappa shape index (κ1) is 14.6. The van der Waals surface area contributed by atoms with Gasteiger partial charge in [0.1, 0.15) is 18.1 Å². The number of ether oxygens (including phenoxy) is 2. The number of rotatable bonds is 5. The third-order valence-corrected chi connectivity index (χ3v) is 3.80. The summed E-state index contributed by atoms with van der Waals surface area (Å²) in [6.45, 7) is 5.33. The summed E-state index contributed by atoms with van der Waals surface area (Å²) >= 11 is 0. The van der Waals surface area contributed by atoms with Gasteiger partial charge in [-0.3, -0.25) is 0 Å². The molecule has 2 aromatic rings. The van der Waals surface area contributed by atoms with E-state index in [4.69, 9.17) is 15.2 Å². The molecule has 0 atom stereocenters. The molecule has 2 aromatic carbocycles. The number of nitrogen functional groups attached to an aromatic ring is 1. The highest BCUT2D eigenvalue weighted by Gasteiger charge is 2.17. The summed E-state index contributed by atoms with van der Waals surface area (Å²) in [6, 6.07) is 14.0. The van der Waals surface area contributed by atoms with Crippen LogP contribution in [0.5, 0.6) is 11.5 Å². The van der Waals surface area contributed by atoms with Gasteiger partial charge in [0.25, 0.3) is 0 Å². The molecule has 0 aliphatic carbocycles. The van der Waals surface area contributed by atoms with E-state index in [1.54, 1.807) is 0 Å². The lowest BCUT2D eigenvalue weighted by atomic mass is 10.2. The zero-order chi connectivity index (χ0) is 15.4. The molecular formula is C18H22N2O2. The zero-order valence-corrected chi connectivity index (χ0v) is 12.9. The lowest BCUT2D eigenvalue weighted by molar-refractivity contribution is 0.293. The highest BCUT2D eigenvalue weighted by atomic mass is 16.5. The number of hydrogen-bond donors (Lipinski definition) is 1. The quantitative estimate of drug-likeness (QED) is 0.680. The molecule has 22 heavy (non-hydrogen) atoms. The molecule has 0 saturated heterocycles. The molecule has 4 nitrogen and oxygen atoms in total. The van der Waals surface area contributed by atoms with Crippen LogP contribution in [-0.2, 0) is 0 Å². The van der Waals surface area contributed by atoms with E-state index in [1.165, 1.54) is 5.56 Å². The Morgan fingerprint density at radius 3 is 2.82 bits per heavy atom. The summed E-state index contributed by atoms with van der Waals surface area (Å²) in [7, 11) is 0. The lowest BCUT2D eigenvalue weighted by Gasteiger charge is -2.31. The van der Waals surface area contributed by atoms with Crippen LogP contribution in [0.25, 0.3) is 0 Å². The molecule has 1 aliphatic rings. The van der Waals surface area contributed by atoms with Crippen LogP contribution in [0.3, 0.4) is 0 Å². The molecule has 1 aliphatic heterocycles. The number of aryl methyl sites for hydroxylation is 1. The average molecular weight is 298 g/mol. The summed E-state index contributed by atoms with van der Waals surface area (Å²) in [5.41, 5.74) is 8.98. The molecule has 0 amide bonds. The van der Waals surface area contributed by atoms with Gasteiger partial charge in [-0.2, -0.15) is 0 Å². The van der Waals surface area contributed by atoms with Crippen molar-refractivity contribution in [2.75, 3.05) is 36.9 Å². The van der Waals surface area contributed by atoms with Crippen molar-refractivity contribution in [2.45, 2.75) is 13.3 Å². The summed E-state index contributed by atoms with van der Waals surface area (Å²) in [6.07, 6.45) is 0.960. The largest absolute Gasteiger partial charge is 0.494 e. The summed E-state index contributed by atoms with van der Waals surface area (Å²) < 4.78 is 11.4. The molecule has 0 aromatic heterocycles. The van der Waals surface area contributed by atoms with Crippen molar-refractivity contribution in [1.29, 1.82) is 0 Å². The van der Waals surface area contributed by atoms with Crippen molar-refractivity contribution >= 4 is 11.4 Å². The number of hydrogen-bond acceptors (Lipinski definition) is 4. The maximum atomic E-state index is 5.88. The van der Waals surface area contributed by atoms with E-state index in [-0.39, 0.29) is 0 Å². The SMILES string of the molecule is Cc1ccc(OCCCN2CCOc3ccc(N)cc32)cc1. The van der Waals surface area contributed by atoms with E-state index in [1.807, 2.05) is 30.3 Å². The van der Waals surface area contributed by atoms with Crippen LogP contribution in [0.1, 0.15) is 12.0 Å². The fraction of sp³-hybridized carbons (Fsp3) is 0.333. The van der Waals surface area contributed by atoms with Crippen LogP contribution in [0.2, 0.25) is 0 Å². The Hall–Kier alpha value is -2.36. The molecule has 3 rings (SSSR count). The molecule has 4 heteroatoms. The molecule has 116 valence electrons. The fourth-order valence-electron chi connectivity index (χ4n) is 2.60. The van der Waals surface area contributed by atoms with Gasteiger partial charge in [0, 0.05) is 12.2 Å². The number of fused-ring (bicyclic) bond motifs is 1. The summed E-state index contributed by atoms with van der Waals surface area (Å²) in [4.78, 5) is 2.31. The molecule has 0 radical (unpaired) electrons. The average Bonchev–Trinajstić information content (AvgIpc) is 2.53. The van der Waals surface area contributed by atoms with E-state index in [2.05, 4.69) is 24.0 Å². The maximum absolute atomic E-state index is 5.88. The highest BCUT2D eigenvalue weighted by Crippen LogP contribution is 2.33. The molecule has 0 fully saturated rings. The van der Waals surface area contributed by atoms with Gasteiger partial charge >= 0.3 is 0 Å². The Balaban J connectivity index is 1.52. The topological polar surface area (TPSA) is 47.7 Å². The first-order valence-electron chi connectivity index (χ1n) is 7.69. The Morgan fingerprint density at radius 2 is 2.00 bits per heavy atom. The van der Waals surface area contributed by atoms with Gasteiger partial charge in [-0.05, 0) is 43.7 Å². The van der Waals surface area contributed by atoms with Crippen molar-refractivity contribution in [3.63, 3.8) is 0 Å². The van der Waals surface area contributed by atoms with Gasteiger partial charge in [-0.1, -0.05) is 17.7 Å².